The number of rotatable bonds is 8. The topological polar surface area (TPSA) is 106 Å². The number of nitrogens with zero attached hydrogens (tertiary/aromatic N) is 4. The fourth-order valence-corrected chi connectivity index (χ4v) is 6.23. The van der Waals surface area contributed by atoms with Crippen LogP contribution in [-0.2, 0) is 14.4 Å². The van der Waals surface area contributed by atoms with E-state index in [4.69, 9.17) is 11.6 Å². The van der Waals surface area contributed by atoms with Crippen molar-refractivity contribution in [3.8, 4) is 6.07 Å². The minimum absolute atomic E-state index is 0.0514. The quantitative estimate of drug-likeness (QED) is 0.304. The van der Waals surface area contributed by atoms with E-state index < -0.39 is 41.7 Å². The van der Waals surface area contributed by atoms with E-state index in [0.29, 0.717) is 18.4 Å². The van der Waals surface area contributed by atoms with Gasteiger partial charge in [-0.3, -0.25) is 24.2 Å². The van der Waals surface area contributed by atoms with Gasteiger partial charge in [0.25, 0.3) is 0 Å². The molecule has 2 aromatic carbocycles. The van der Waals surface area contributed by atoms with E-state index in [9.17, 15) is 32.8 Å². The second kappa shape index (κ2) is 13.7. The van der Waals surface area contributed by atoms with Gasteiger partial charge in [-0.1, -0.05) is 35.9 Å². The number of halogens is 4. The molecule has 0 bridgehead atoms. The molecule has 234 valence electrons. The summed E-state index contributed by atoms with van der Waals surface area (Å²) in [6.07, 6.45) is 1.66. The van der Waals surface area contributed by atoms with Crippen LogP contribution in [0, 0.1) is 17.1 Å². The van der Waals surface area contributed by atoms with Crippen molar-refractivity contribution in [1.29, 1.82) is 5.26 Å². The number of hydrogen-bond donors (Lipinski definition) is 1. The molecule has 8 nitrogen and oxygen atoms in total. The summed E-state index contributed by atoms with van der Waals surface area (Å²) >= 11 is 6.57. The number of aromatic nitrogens is 1. The Morgan fingerprint density at radius 2 is 1.87 bits per heavy atom. The number of hydrogen-bond acceptors (Lipinski definition) is 5. The van der Waals surface area contributed by atoms with E-state index >= 15 is 0 Å². The Morgan fingerprint density at radius 1 is 1.11 bits per heavy atom. The third kappa shape index (κ3) is 7.45. The van der Waals surface area contributed by atoms with Gasteiger partial charge in [0, 0.05) is 60.2 Å². The number of alkyl halides is 2. The van der Waals surface area contributed by atoms with Crippen molar-refractivity contribution >= 4 is 40.8 Å². The maximum absolute atomic E-state index is 14.6. The number of carbonyl (C=O) groups excluding carboxylic acids is 3. The Kier molecular flexibility index (Phi) is 9.73. The fraction of sp³-hybridized carbons (Fsp3) is 0.364. The van der Waals surface area contributed by atoms with Crippen molar-refractivity contribution in [3.05, 3.63) is 88.8 Å². The number of carbonyl (C=O) groups is 3. The molecule has 3 aromatic rings. The van der Waals surface area contributed by atoms with Gasteiger partial charge in [-0.2, -0.15) is 5.26 Å². The summed E-state index contributed by atoms with van der Waals surface area (Å²) in [4.78, 5) is 48.5. The zero-order valence-corrected chi connectivity index (χ0v) is 25.0. The van der Waals surface area contributed by atoms with E-state index in [-0.39, 0.29) is 66.5 Å². The van der Waals surface area contributed by atoms with Crippen molar-refractivity contribution in [3.63, 3.8) is 0 Å². The molecule has 1 saturated carbocycles. The second-order valence-electron chi connectivity index (χ2n) is 11.3. The highest BCUT2D eigenvalue weighted by molar-refractivity contribution is 6.31. The van der Waals surface area contributed by atoms with E-state index in [1.165, 1.54) is 41.4 Å². The molecule has 12 heteroatoms. The number of nitrogens with one attached hydrogen (secondary N) is 1. The lowest BCUT2D eigenvalue weighted by Crippen LogP contribution is -2.51. The molecule has 0 spiro atoms. The molecule has 45 heavy (non-hydrogen) atoms. The largest absolute Gasteiger partial charge is 0.351 e. The number of pyridine rings is 1. The van der Waals surface area contributed by atoms with Crippen molar-refractivity contribution < 1.29 is 27.6 Å². The molecule has 2 atom stereocenters. The van der Waals surface area contributed by atoms with Gasteiger partial charge in [0.1, 0.15) is 17.7 Å². The van der Waals surface area contributed by atoms with Crippen molar-refractivity contribution in [2.24, 2.45) is 0 Å². The van der Waals surface area contributed by atoms with E-state index in [0.717, 1.165) is 11.0 Å². The molecule has 3 amide bonds. The molecule has 2 aliphatic rings. The number of piperidine rings is 1. The number of amides is 3. The molecule has 1 aliphatic heterocycles. The lowest BCUT2D eigenvalue weighted by molar-refractivity contribution is -0.128. The minimum Gasteiger partial charge on any atom is -0.351 e. The smallest absolute Gasteiger partial charge is 0.248 e. The van der Waals surface area contributed by atoms with E-state index in [1.807, 2.05) is 6.07 Å². The zero-order valence-electron chi connectivity index (χ0n) is 24.3. The Balaban J connectivity index is 1.53. The summed E-state index contributed by atoms with van der Waals surface area (Å²) in [5, 5.41) is 12.4. The van der Waals surface area contributed by atoms with Crippen LogP contribution in [0.4, 0.5) is 24.7 Å². The monoisotopic (exact) mass is 637 g/mol. The van der Waals surface area contributed by atoms with E-state index in [2.05, 4.69) is 10.3 Å². The molecule has 1 saturated heterocycles. The Hall–Kier alpha value is -4.43. The molecule has 1 N–H and O–H groups in total. The summed E-state index contributed by atoms with van der Waals surface area (Å²) < 4.78 is 42.4. The molecular weight excluding hydrogens is 607 g/mol. The lowest BCUT2D eigenvalue weighted by Gasteiger charge is -2.38. The Morgan fingerprint density at radius 3 is 2.58 bits per heavy atom. The number of anilines is 2. The molecule has 2 fully saturated rings. The van der Waals surface area contributed by atoms with Gasteiger partial charge in [0.2, 0.25) is 23.6 Å². The van der Waals surface area contributed by atoms with Crippen LogP contribution >= 0.6 is 11.6 Å². The van der Waals surface area contributed by atoms with Crippen molar-refractivity contribution in [2.45, 2.75) is 75.4 Å². The fourth-order valence-electron chi connectivity index (χ4n) is 5.99. The molecule has 1 aromatic heterocycles. The predicted molar refractivity (Wildman–Crippen MR) is 162 cm³/mol. The summed E-state index contributed by atoms with van der Waals surface area (Å²) in [6, 6.07) is 14.0. The van der Waals surface area contributed by atoms with Gasteiger partial charge in [-0.05, 0) is 62.1 Å². The van der Waals surface area contributed by atoms with Crippen molar-refractivity contribution in [2.75, 3.05) is 9.80 Å². The first-order chi connectivity index (χ1) is 21.6. The molecule has 2 heterocycles. The summed E-state index contributed by atoms with van der Waals surface area (Å²) in [6.45, 7) is 0. The maximum Gasteiger partial charge on any atom is 0.248 e. The Labute approximate surface area is 263 Å². The van der Waals surface area contributed by atoms with Gasteiger partial charge >= 0.3 is 0 Å². The summed E-state index contributed by atoms with van der Waals surface area (Å²) in [5.41, 5.74) is 0.629. The van der Waals surface area contributed by atoms with Crippen LogP contribution < -0.4 is 15.1 Å². The Bertz CT molecular complexity index is 1620. The first kappa shape index (κ1) is 32.0. The van der Waals surface area contributed by atoms with Crippen LogP contribution in [0.1, 0.15) is 68.5 Å². The highest BCUT2D eigenvalue weighted by Gasteiger charge is 2.40. The summed E-state index contributed by atoms with van der Waals surface area (Å²) in [5.74, 6) is -4.76. The van der Waals surface area contributed by atoms with Gasteiger partial charge in [-0.15, -0.1) is 0 Å². The van der Waals surface area contributed by atoms with Crippen LogP contribution in [0.2, 0.25) is 5.02 Å². The second-order valence-corrected chi connectivity index (χ2v) is 11.7. The average molecular weight is 638 g/mol. The minimum atomic E-state index is -2.81. The van der Waals surface area contributed by atoms with Crippen LogP contribution in [0.25, 0.3) is 0 Å². The molecule has 5 rings (SSSR count). The standard InChI is InChI=1S/C33H31ClF3N5O3/c34-27-9-2-1-8-26(27)31(32(45)40-23-11-14-33(36,37)15-12-23)42(24-6-3-5-22(35)18-24)30(44)19-25-7-4-10-29(43)41(25)28-17-21(20-38)13-16-39-28/h1-3,5-6,8-9,13,16-18,23,25,31H,4,7,10-12,14-15,19H2,(H,40,45)/t25-,31-/m0/s1. The highest BCUT2D eigenvalue weighted by atomic mass is 35.5. The average Bonchev–Trinajstić information content (AvgIpc) is 3.01. The third-order valence-electron chi connectivity index (χ3n) is 8.22. The van der Waals surface area contributed by atoms with Gasteiger partial charge in [0.15, 0.2) is 0 Å². The van der Waals surface area contributed by atoms with Gasteiger partial charge < -0.3 is 5.32 Å². The first-order valence-electron chi connectivity index (χ1n) is 14.7. The molecular formula is C33H31ClF3N5O3. The van der Waals surface area contributed by atoms with Crippen LogP contribution in [0.15, 0.2) is 66.9 Å². The summed E-state index contributed by atoms with van der Waals surface area (Å²) in [7, 11) is 0. The molecule has 1 aliphatic carbocycles. The predicted octanol–water partition coefficient (Wildman–Crippen LogP) is 6.49. The molecule has 0 unspecified atom stereocenters. The maximum atomic E-state index is 14.6. The SMILES string of the molecule is N#Cc1ccnc(N2C(=O)CCC[C@H]2CC(=O)N(c2cccc(F)c2)[C@H](C(=O)NC2CCC(F)(F)CC2)c2ccccc2Cl)c1. The van der Waals surface area contributed by atoms with Crippen LogP contribution in [0.3, 0.4) is 0 Å². The van der Waals surface area contributed by atoms with Crippen LogP contribution in [0.5, 0.6) is 0 Å². The van der Waals surface area contributed by atoms with Crippen LogP contribution in [-0.4, -0.2) is 40.7 Å². The number of nitriles is 1. The first-order valence-corrected chi connectivity index (χ1v) is 15.1. The molecule has 0 radical (unpaired) electrons. The zero-order chi connectivity index (χ0) is 32.1. The van der Waals surface area contributed by atoms with Gasteiger partial charge in [0.05, 0.1) is 11.6 Å². The third-order valence-corrected chi connectivity index (χ3v) is 8.56. The normalized spacial score (nSPS) is 19.0. The van der Waals surface area contributed by atoms with E-state index in [1.54, 1.807) is 24.3 Å². The van der Waals surface area contributed by atoms with Gasteiger partial charge in [-0.25, -0.2) is 18.2 Å². The lowest BCUT2D eigenvalue weighted by atomic mass is 9.91. The number of benzene rings is 2. The van der Waals surface area contributed by atoms with Crippen molar-refractivity contribution in [1.82, 2.24) is 10.3 Å². The highest BCUT2D eigenvalue weighted by Crippen LogP contribution is 2.37.